The van der Waals surface area contributed by atoms with Crippen LogP contribution in [0.3, 0.4) is 0 Å². The molecule has 24 heavy (non-hydrogen) atoms. The first-order valence-electron chi connectivity index (χ1n) is 8.39. The highest BCUT2D eigenvalue weighted by Crippen LogP contribution is 2.30. The molecule has 0 aliphatic carbocycles. The molecule has 0 saturated carbocycles. The molecule has 0 fully saturated rings. The number of aryl methyl sites for hydroxylation is 2. The van der Waals surface area contributed by atoms with E-state index in [0.717, 1.165) is 46.7 Å². The molecule has 2 aromatic rings. The molecule has 128 valence electrons. The zero-order valence-corrected chi connectivity index (χ0v) is 14.8. The number of rotatable bonds is 7. The fraction of sp³-hybridized carbons (Fsp3) is 0.350. The van der Waals surface area contributed by atoms with Crippen LogP contribution in [0.4, 0.5) is 11.4 Å². The molecular weight excluding hydrogens is 300 g/mol. The molecule has 0 atom stereocenters. The number of aliphatic carboxylic acids is 1. The van der Waals surface area contributed by atoms with Gasteiger partial charge >= 0.3 is 5.97 Å². The molecule has 0 aromatic heterocycles. The van der Waals surface area contributed by atoms with Crippen LogP contribution in [-0.4, -0.2) is 24.2 Å². The van der Waals surface area contributed by atoms with E-state index in [2.05, 4.69) is 10.6 Å². The van der Waals surface area contributed by atoms with Gasteiger partial charge < -0.3 is 15.7 Å². The Morgan fingerprint density at radius 1 is 0.917 bits per heavy atom. The van der Waals surface area contributed by atoms with Crippen molar-refractivity contribution in [3.8, 4) is 0 Å². The molecular formula is C20H26N2O2. The molecule has 2 aromatic carbocycles. The number of nitrogens with one attached hydrogen (secondary N) is 2. The summed E-state index contributed by atoms with van der Waals surface area (Å²) in [4.78, 5) is 11.9. The van der Waals surface area contributed by atoms with Crippen LogP contribution in [0.1, 0.15) is 42.0 Å². The first-order valence-corrected chi connectivity index (χ1v) is 8.39. The summed E-state index contributed by atoms with van der Waals surface area (Å²) in [5.74, 6) is -1.49. The first kappa shape index (κ1) is 17.9. The van der Waals surface area contributed by atoms with Crippen LogP contribution in [0.2, 0.25) is 0 Å². The lowest BCUT2D eigenvalue weighted by Crippen LogP contribution is -2.14. The fourth-order valence-corrected chi connectivity index (χ4v) is 2.99. The molecule has 4 heteroatoms. The molecule has 0 amide bonds. The number of benzene rings is 2. The van der Waals surface area contributed by atoms with Gasteiger partial charge in [0.15, 0.2) is 0 Å². The minimum absolute atomic E-state index is 0.659. The number of carbonyl (C=O) groups is 1. The smallest absolute Gasteiger partial charge is 0.315 e. The second kappa shape index (κ2) is 7.86. The number of hydrogen-bond donors (Lipinski definition) is 3. The van der Waals surface area contributed by atoms with Gasteiger partial charge in [-0.25, -0.2) is 0 Å². The van der Waals surface area contributed by atoms with Crippen molar-refractivity contribution < 1.29 is 9.90 Å². The highest BCUT2D eigenvalue weighted by molar-refractivity contribution is 5.81. The van der Waals surface area contributed by atoms with Crippen molar-refractivity contribution in [2.24, 2.45) is 0 Å². The summed E-state index contributed by atoms with van der Waals surface area (Å²) in [6, 6.07) is 11.7. The molecule has 0 aliphatic rings. The van der Waals surface area contributed by atoms with Crippen LogP contribution in [0.5, 0.6) is 0 Å². The van der Waals surface area contributed by atoms with E-state index in [1.165, 1.54) is 0 Å². The lowest BCUT2D eigenvalue weighted by Gasteiger charge is -2.18. The molecule has 0 aliphatic heterocycles. The lowest BCUT2D eigenvalue weighted by atomic mass is 9.89. The van der Waals surface area contributed by atoms with Gasteiger partial charge in [-0.3, -0.25) is 4.79 Å². The van der Waals surface area contributed by atoms with E-state index in [4.69, 9.17) is 0 Å². The van der Waals surface area contributed by atoms with Crippen molar-refractivity contribution in [2.75, 3.05) is 23.7 Å². The summed E-state index contributed by atoms with van der Waals surface area (Å²) >= 11 is 0. The Kier molecular flexibility index (Phi) is 5.85. The van der Waals surface area contributed by atoms with Crippen molar-refractivity contribution >= 4 is 17.3 Å². The Balaban J connectivity index is 2.41. The van der Waals surface area contributed by atoms with Gasteiger partial charge in [0.2, 0.25) is 0 Å². The van der Waals surface area contributed by atoms with Gasteiger partial charge in [0.1, 0.15) is 5.92 Å². The predicted octanol–water partition coefficient (Wildman–Crippen LogP) is 4.38. The van der Waals surface area contributed by atoms with Crippen molar-refractivity contribution in [1.29, 1.82) is 0 Å². The fourth-order valence-electron chi connectivity index (χ4n) is 2.99. The molecule has 0 bridgehead atoms. The lowest BCUT2D eigenvalue weighted by molar-refractivity contribution is -0.137. The van der Waals surface area contributed by atoms with Crippen LogP contribution < -0.4 is 10.6 Å². The van der Waals surface area contributed by atoms with Crippen LogP contribution in [0, 0.1) is 13.8 Å². The van der Waals surface area contributed by atoms with E-state index in [0.29, 0.717) is 0 Å². The Morgan fingerprint density at radius 2 is 1.33 bits per heavy atom. The highest BCUT2D eigenvalue weighted by Gasteiger charge is 2.23. The van der Waals surface area contributed by atoms with Gasteiger partial charge in [-0.1, -0.05) is 24.3 Å². The third-order valence-corrected chi connectivity index (χ3v) is 4.15. The summed E-state index contributed by atoms with van der Waals surface area (Å²) < 4.78 is 0. The van der Waals surface area contributed by atoms with E-state index in [9.17, 15) is 9.90 Å². The van der Waals surface area contributed by atoms with E-state index in [1.807, 2.05) is 64.1 Å². The molecule has 0 spiro atoms. The second-order valence-corrected chi connectivity index (χ2v) is 5.98. The van der Waals surface area contributed by atoms with Crippen molar-refractivity contribution in [2.45, 2.75) is 33.6 Å². The highest BCUT2D eigenvalue weighted by atomic mass is 16.4. The van der Waals surface area contributed by atoms with Gasteiger partial charge in [-0.05, 0) is 62.1 Å². The van der Waals surface area contributed by atoms with Crippen molar-refractivity contribution in [1.82, 2.24) is 0 Å². The van der Waals surface area contributed by atoms with Gasteiger partial charge in [0.05, 0.1) is 0 Å². The van der Waals surface area contributed by atoms with Gasteiger partial charge in [0.25, 0.3) is 0 Å². The van der Waals surface area contributed by atoms with E-state index in [1.54, 1.807) is 0 Å². The first-order chi connectivity index (χ1) is 11.5. The third-order valence-electron chi connectivity index (χ3n) is 4.15. The second-order valence-electron chi connectivity index (χ2n) is 5.98. The maximum absolute atomic E-state index is 11.9. The molecule has 0 radical (unpaired) electrons. The summed E-state index contributed by atoms with van der Waals surface area (Å²) in [5.41, 5.74) is 5.81. The van der Waals surface area contributed by atoms with Gasteiger partial charge in [0, 0.05) is 24.5 Å². The van der Waals surface area contributed by atoms with Gasteiger partial charge in [-0.2, -0.15) is 0 Å². The molecule has 2 rings (SSSR count). The Hall–Kier alpha value is -2.49. The SMILES string of the molecule is CCNc1ccc(C(C(=O)O)c2ccc(NCC)c(C)c2)cc1C. The number of anilines is 2. The van der Waals surface area contributed by atoms with E-state index in [-0.39, 0.29) is 0 Å². The third kappa shape index (κ3) is 3.88. The quantitative estimate of drug-likeness (QED) is 0.706. The maximum atomic E-state index is 11.9. The molecule has 4 nitrogen and oxygen atoms in total. The normalized spacial score (nSPS) is 10.7. The van der Waals surface area contributed by atoms with Crippen molar-refractivity contribution in [3.63, 3.8) is 0 Å². The van der Waals surface area contributed by atoms with Crippen LogP contribution in [0.25, 0.3) is 0 Å². The summed E-state index contributed by atoms with van der Waals surface area (Å²) in [6.45, 7) is 9.77. The zero-order valence-electron chi connectivity index (χ0n) is 14.8. The summed E-state index contributed by atoms with van der Waals surface area (Å²) in [7, 11) is 0. The van der Waals surface area contributed by atoms with Crippen LogP contribution >= 0.6 is 0 Å². The monoisotopic (exact) mass is 326 g/mol. The van der Waals surface area contributed by atoms with Crippen LogP contribution in [-0.2, 0) is 4.79 Å². The van der Waals surface area contributed by atoms with Gasteiger partial charge in [-0.15, -0.1) is 0 Å². The molecule has 0 saturated heterocycles. The number of hydrogen-bond acceptors (Lipinski definition) is 3. The standard InChI is InChI=1S/C20H26N2O2/c1-5-21-17-9-7-15(11-13(17)3)19(20(23)24)16-8-10-18(22-6-2)14(4)12-16/h7-12,19,21-22H,5-6H2,1-4H3,(H,23,24). The molecule has 3 N–H and O–H groups in total. The number of carboxylic acid groups (broad SMARTS) is 1. The van der Waals surface area contributed by atoms with Crippen molar-refractivity contribution in [3.05, 3.63) is 58.7 Å². The number of carboxylic acids is 1. The minimum Gasteiger partial charge on any atom is -0.481 e. The van der Waals surface area contributed by atoms with Crippen LogP contribution in [0.15, 0.2) is 36.4 Å². The Labute approximate surface area is 143 Å². The van der Waals surface area contributed by atoms with E-state index < -0.39 is 11.9 Å². The zero-order chi connectivity index (χ0) is 17.7. The largest absolute Gasteiger partial charge is 0.481 e. The Morgan fingerprint density at radius 3 is 1.62 bits per heavy atom. The maximum Gasteiger partial charge on any atom is 0.315 e. The summed E-state index contributed by atoms with van der Waals surface area (Å²) in [5, 5.41) is 16.3. The molecule has 0 unspecified atom stereocenters. The topological polar surface area (TPSA) is 61.4 Å². The minimum atomic E-state index is -0.832. The predicted molar refractivity (Wildman–Crippen MR) is 100 cm³/mol. The molecule has 0 heterocycles. The average molecular weight is 326 g/mol. The Bertz CT molecular complexity index is 670. The average Bonchev–Trinajstić information content (AvgIpc) is 2.52. The summed E-state index contributed by atoms with van der Waals surface area (Å²) in [6.07, 6.45) is 0. The van der Waals surface area contributed by atoms with E-state index >= 15 is 0 Å².